The fourth-order valence-corrected chi connectivity index (χ4v) is 2.09. The summed E-state index contributed by atoms with van der Waals surface area (Å²) in [4.78, 5) is 0. The molecule has 0 aliphatic rings. The normalized spacial score (nSPS) is 11.6. The summed E-state index contributed by atoms with van der Waals surface area (Å²) in [7, 11) is 2.03. The average molecular weight is 201 g/mol. The highest BCUT2D eigenvalue weighted by Gasteiger charge is 2.20. The minimum absolute atomic E-state index is 1.04. The third kappa shape index (κ3) is 0.883. The number of nitrogens with two attached hydrogens (primary N) is 1. The monoisotopic (exact) mass is 201 g/mol. The Balaban J connectivity index is 2.65. The maximum atomic E-state index is 5.99. The lowest BCUT2D eigenvalue weighted by Crippen LogP contribution is -2.33. The van der Waals surface area contributed by atoms with Crippen LogP contribution in [0.4, 0.5) is 0 Å². The number of pyridine rings is 1. The Morgan fingerprint density at radius 1 is 1.33 bits per heavy atom. The van der Waals surface area contributed by atoms with E-state index in [0.717, 1.165) is 22.5 Å². The fourth-order valence-electron chi connectivity index (χ4n) is 2.09. The van der Waals surface area contributed by atoms with Gasteiger partial charge in [0.1, 0.15) is 5.52 Å². The zero-order valence-electron chi connectivity index (χ0n) is 8.81. The third-order valence-corrected chi connectivity index (χ3v) is 3.04. The van der Waals surface area contributed by atoms with Crippen molar-refractivity contribution in [3.8, 4) is 0 Å². The van der Waals surface area contributed by atoms with Crippen LogP contribution in [0.3, 0.4) is 0 Å². The number of hydrogen-bond acceptors (Lipinski definition) is 1. The first-order valence-corrected chi connectivity index (χ1v) is 4.92. The Morgan fingerprint density at radius 2 is 2.13 bits per heavy atom. The largest absolute Gasteiger partial charge is 0.291 e. The Kier molecular flexibility index (Phi) is 1.41. The van der Waals surface area contributed by atoms with Gasteiger partial charge in [0, 0.05) is 13.0 Å². The summed E-state index contributed by atoms with van der Waals surface area (Å²) >= 11 is 0. The van der Waals surface area contributed by atoms with E-state index in [9.17, 15) is 0 Å². The van der Waals surface area contributed by atoms with Crippen molar-refractivity contribution < 1.29 is 4.57 Å². The first kappa shape index (κ1) is 8.35. The molecule has 0 fully saturated rings. The number of nitrogens with zero attached hydrogens (tertiary/aromatic N) is 3. The number of aryl methyl sites for hydroxylation is 1. The van der Waals surface area contributed by atoms with Gasteiger partial charge in [0.15, 0.2) is 5.52 Å². The van der Waals surface area contributed by atoms with Gasteiger partial charge in [-0.2, -0.15) is 4.68 Å². The predicted molar refractivity (Wildman–Crippen MR) is 59.0 cm³/mol. The number of nitrogen functional groups attached to an aromatic ring is 1. The molecule has 15 heavy (non-hydrogen) atoms. The molecule has 0 amide bonds. The van der Waals surface area contributed by atoms with E-state index in [4.69, 9.17) is 5.84 Å². The molecule has 0 aromatic carbocycles. The standard InChI is InChI=1S/C11H13N4/c1-8-13(2)11-10(15(8)12)7-9-5-3-4-6-14(9)11/h3-7H,12H2,1-2H3/q+1. The van der Waals surface area contributed by atoms with Gasteiger partial charge in [-0.3, -0.25) is 5.84 Å². The zero-order chi connectivity index (χ0) is 10.6. The van der Waals surface area contributed by atoms with Gasteiger partial charge in [-0.15, -0.1) is 0 Å². The molecule has 3 aromatic heterocycles. The van der Waals surface area contributed by atoms with Crippen LogP contribution in [0.25, 0.3) is 16.7 Å². The van der Waals surface area contributed by atoms with Crippen LogP contribution in [0.5, 0.6) is 0 Å². The maximum absolute atomic E-state index is 5.99. The first-order valence-electron chi connectivity index (χ1n) is 4.92. The third-order valence-electron chi connectivity index (χ3n) is 3.04. The van der Waals surface area contributed by atoms with Crippen LogP contribution >= 0.6 is 0 Å². The van der Waals surface area contributed by atoms with Crippen molar-refractivity contribution in [2.24, 2.45) is 7.05 Å². The number of fused-ring (bicyclic) bond motifs is 3. The molecule has 3 heterocycles. The van der Waals surface area contributed by atoms with Crippen LogP contribution in [-0.4, -0.2) is 9.08 Å². The maximum Gasteiger partial charge on any atom is 0.275 e. The SMILES string of the molecule is Cc1n(N)c2cc3ccccn3c2[n+]1C. The molecule has 2 N–H and O–H groups in total. The van der Waals surface area contributed by atoms with Gasteiger partial charge >= 0.3 is 0 Å². The minimum Gasteiger partial charge on any atom is -0.291 e. The summed E-state index contributed by atoms with van der Waals surface area (Å²) in [6.07, 6.45) is 2.05. The van der Waals surface area contributed by atoms with E-state index in [1.165, 1.54) is 0 Å². The van der Waals surface area contributed by atoms with E-state index in [0.29, 0.717) is 0 Å². The van der Waals surface area contributed by atoms with Gasteiger partial charge in [0.2, 0.25) is 5.82 Å². The summed E-state index contributed by atoms with van der Waals surface area (Å²) in [5, 5.41) is 0. The second kappa shape index (κ2) is 2.53. The smallest absolute Gasteiger partial charge is 0.275 e. The minimum atomic E-state index is 1.04. The Bertz CT molecular complexity index is 660. The van der Waals surface area contributed by atoms with Gasteiger partial charge in [-0.1, -0.05) is 6.07 Å². The van der Waals surface area contributed by atoms with E-state index in [1.807, 2.05) is 26.1 Å². The molecule has 0 aliphatic heterocycles. The molecular formula is C11H13N4+. The summed E-state index contributed by atoms with van der Waals surface area (Å²) in [5.41, 5.74) is 3.35. The van der Waals surface area contributed by atoms with Crippen LogP contribution in [0.15, 0.2) is 30.5 Å². The van der Waals surface area contributed by atoms with Crippen molar-refractivity contribution in [1.29, 1.82) is 0 Å². The summed E-state index contributed by atoms with van der Waals surface area (Å²) in [6.45, 7) is 2.01. The van der Waals surface area contributed by atoms with Crippen molar-refractivity contribution >= 4 is 16.7 Å². The van der Waals surface area contributed by atoms with Crippen LogP contribution in [-0.2, 0) is 7.05 Å². The number of imidazole rings is 1. The van der Waals surface area contributed by atoms with Crippen LogP contribution in [0.2, 0.25) is 0 Å². The van der Waals surface area contributed by atoms with Gasteiger partial charge in [-0.25, -0.2) is 8.97 Å². The lowest BCUT2D eigenvalue weighted by molar-refractivity contribution is -0.654. The van der Waals surface area contributed by atoms with Crippen molar-refractivity contribution in [3.05, 3.63) is 36.3 Å². The Labute approximate surface area is 87.1 Å². The number of rotatable bonds is 0. The van der Waals surface area contributed by atoms with Gasteiger partial charge < -0.3 is 0 Å². The zero-order valence-corrected chi connectivity index (χ0v) is 8.81. The van der Waals surface area contributed by atoms with Crippen LogP contribution < -0.4 is 10.4 Å². The van der Waals surface area contributed by atoms with Crippen molar-refractivity contribution in [3.63, 3.8) is 0 Å². The van der Waals surface area contributed by atoms with E-state index >= 15 is 0 Å². The van der Waals surface area contributed by atoms with E-state index in [1.54, 1.807) is 4.68 Å². The van der Waals surface area contributed by atoms with Crippen LogP contribution in [0, 0.1) is 6.92 Å². The quantitative estimate of drug-likeness (QED) is 0.423. The van der Waals surface area contributed by atoms with Crippen molar-refractivity contribution in [2.45, 2.75) is 6.92 Å². The second-order valence-electron chi connectivity index (χ2n) is 3.82. The van der Waals surface area contributed by atoms with E-state index in [-0.39, 0.29) is 0 Å². The molecule has 0 unspecified atom stereocenters. The first-order chi connectivity index (χ1) is 7.20. The molecule has 3 aromatic rings. The molecule has 0 atom stereocenters. The molecular weight excluding hydrogens is 188 g/mol. The van der Waals surface area contributed by atoms with Crippen LogP contribution in [0.1, 0.15) is 5.82 Å². The highest BCUT2D eigenvalue weighted by Crippen LogP contribution is 2.17. The highest BCUT2D eigenvalue weighted by molar-refractivity contribution is 5.79. The fraction of sp³-hybridized carbons (Fsp3) is 0.182. The van der Waals surface area contributed by atoms with Gasteiger partial charge in [-0.05, 0) is 12.1 Å². The van der Waals surface area contributed by atoms with E-state index in [2.05, 4.69) is 27.3 Å². The second-order valence-corrected chi connectivity index (χ2v) is 3.82. The average Bonchev–Trinajstić information content (AvgIpc) is 2.72. The lowest BCUT2D eigenvalue weighted by Gasteiger charge is -1.93. The molecule has 4 nitrogen and oxygen atoms in total. The highest BCUT2D eigenvalue weighted by atomic mass is 15.4. The molecule has 0 saturated carbocycles. The topological polar surface area (TPSA) is 39.2 Å². The molecule has 76 valence electrons. The molecule has 0 aliphatic carbocycles. The van der Waals surface area contributed by atoms with Crippen molar-refractivity contribution in [2.75, 3.05) is 5.84 Å². The molecule has 4 heteroatoms. The summed E-state index contributed by atoms with van der Waals surface area (Å²) in [6, 6.07) is 8.23. The molecule has 3 rings (SSSR count). The Morgan fingerprint density at radius 3 is 2.93 bits per heavy atom. The molecule has 0 spiro atoms. The van der Waals surface area contributed by atoms with Crippen molar-refractivity contribution in [1.82, 2.24) is 9.08 Å². The number of hydrogen-bond donors (Lipinski definition) is 1. The predicted octanol–water partition coefficient (Wildman–Crippen LogP) is 0.741. The summed E-state index contributed by atoms with van der Waals surface area (Å²) < 4.78 is 5.97. The lowest BCUT2D eigenvalue weighted by atomic mass is 10.4. The summed E-state index contributed by atoms with van der Waals surface area (Å²) in [5.74, 6) is 7.03. The van der Waals surface area contributed by atoms with Gasteiger partial charge in [0.05, 0.1) is 13.2 Å². The molecule has 0 radical (unpaired) electrons. The van der Waals surface area contributed by atoms with Gasteiger partial charge in [0.25, 0.3) is 5.65 Å². The molecule has 0 saturated heterocycles. The van der Waals surface area contributed by atoms with E-state index < -0.39 is 0 Å². The Hall–Kier alpha value is -1.97. The number of aromatic nitrogens is 3. The molecule has 0 bridgehead atoms.